The molecule has 0 atom stereocenters. The second-order valence-electron chi connectivity index (χ2n) is 5.55. The fourth-order valence-corrected chi connectivity index (χ4v) is 2.14. The molecule has 2 rings (SSSR count). The lowest BCUT2D eigenvalue weighted by atomic mass is 10.1. The highest BCUT2D eigenvalue weighted by atomic mass is 19.2. The van der Waals surface area contributed by atoms with Crippen molar-refractivity contribution >= 4 is 23.4 Å². The number of halogens is 3. The Bertz CT molecular complexity index is 887. The summed E-state index contributed by atoms with van der Waals surface area (Å²) >= 11 is 0. The number of carbonyl (C=O) groups excluding carboxylic acids is 3. The summed E-state index contributed by atoms with van der Waals surface area (Å²) in [7, 11) is 0. The highest BCUT2D eigenvalue weighted by Crippen LogP contribution is 2.19. The third kappa shape index (κ3) is 5.30. The molecule has 0 radical (unpaired) electrons. The van der Waals surface area contributed by atoms with Gasteiger partial charge in [0.05, 0.1) is 18.8 Å². The lowest BCUT2D eigenvalue weighted by Gasteiger charge is -2.10. The number of benzene rings is 2. The molecule has 0 saturated carbocycles. The molecule has 3 N–H and O–H groups in total. The van der Waals surface area contributed by atoms with Gasteiger partial charge < -0.3 is 16.0 Å². The molecule has 9 heteroatoms. The van der Waals surface area contributed by atoms with Crippen LogP contribution in [0, 0.1) is 24.4 Å². The van der Waals surface area contributed by atoms with Gasteiger partial charge in [-0.2, -0.15) is 0 Å². The van der Waals surface area contributed by atoms with Gasteiger partial charge in [0.1, 0.15) is 0 Å². The Morgan fingerprint density at radius 1 is 0.852 bits per heavy atom. The highest BCUT2D eigenvalue weighted by molar-refractivity contribution is 5.98. The summed E-state index contributed by atoms with van der Waals surface area (Å²) in [6.07, 6.45) is 0. The maximum Gasteiger partial charge on any atom is 0.251 e. The normalized spacial score (nSPS) is 10.2. The second-order valence-corrected chi connectivity index (χ2v) is 5.55. The minimum Gasteiger partial charge on any atom is -0.345 e. The number of hydrogen-bond acceptors (Lipinski definition) is 3. The van der Waals surface area contributed by atoms with Gasteiger partial charge in [0.15, 0.2) is 17.5 Å². The molecule has 0 spiro atoms. The van der Waals surface area contributed by atoms with Crippen LogP contribution in [-0.2, 0) is 9.59 Å². The van der Waals surface area contributed by atoms with E-state index < -0.39 is 47.4 Å². The lowest BCUT2D eigenvalue weighted by molar-refractivity contribution is -0.123. The molecule has 2 aromatic carbocycles. The molecule has 0 unspecified atom stereocenters. The van der Waals surface area contributed by atoms with Crippen LogP contribution in [0.2, 0.25) is 0 Å². The molecule has 0 bridgehead atoms. The molecule has 27 heavy (non-hydrogen) atoms. The summed E-state index contributed by atoms with van der Waals surface area (Å²) in [4.78, 5) is 35.3. The number of hydrogen-bond donors (Lipinski definition) is 3. The first-order chi connectivity index (χ1) is 12.8. The zero-order chi connectivity index (χ0) is 20.0. The molecule has 0 fully saturated rings. The molecule has 142 valence electrons. The molecule has 2 aromatic rings. The Morgan fingerprint density at radius 3 is 2.22 bits per heavy atom. The van der Waals surface area contributed by atoms with Crippen molar-refractivity contribution in [1.29, 1.82) is 0 Å². The zero-order valence-electron chi connectivity index (χ0n) is 14.2. The summed E-state index contributed by atoms with van der Waals surface area (Å²) in [6, 6.07) is 8.32. The first-order valence-electron chi connectivity index (χ1n) is 7.83. The Hall–Kier alpha value is -3.36. The van der Waals surface area contributed by atoms with Gasteiger partial charge in [-0.25, -0.2) is 13.2 Å². The maximum absolute atomic E-state index is 13.5. The van der Waals surface area contributed by atoms with Crippen LogP contribution in [0.4, 0.5) is 18.9 Å². The summed E-state index contributed by atoms with van der Waals surface area (Å²) in [5, 5.41) is 6.62. The Labute approximate surface area is 152 Å². The van der Waals surface area contributed by atoms with E-state index in [1.54, 1.807) is 31.2 Å². The molecule has 0 aliphatic heterocycles. The largest absolute Gasteiger partial charge is 0.345 e. The van der Waals surface area contributed by atoms with Crippen LogP contribution in [0.25, 0.3) is 0 Å². The van der Waals surface area contributed by atoms with Gasteiger partial charge in [-0.15, -0.1) is 0 Å². The lowest BCUT2D eigenvalue weighted by Crippen LogP contribution is -2.40. The minimum absolute atomic E-state index is 0.375. The van der Waals surface area contributed by atoms with E-state index in [9.17, 15) is 27.6 Å². The fourth-order valence-electron chi connectivity index (χ4n) is 2.14. The van der Waals surface area contributed by atoms with E-state index >= 15 is 0 Å². The highest BCUT2D eigenvalue weighted by Gasteiger charge is 2.16. The number of rotatable bonds is 6. The third-order valence-corrected chi connectivity index (χ3v) is 3.55. The van der Waals surface area contributed by atoms with Crippen LogP contribution >= 0.6 is 0 Å². The van der Waals surface area contributed by atoms with Crippen molar-refractivity contribution in [2.24, 2.45) is 0 Å². The van der Waals surface area contributed by atoms with Crippen molar-refractivity contribution in [3.05, 3.63) is 65.0 Å². The average molecular weight is 379 g/mol. The molecule has 0 aromatic heterocycles. The van der Waals surface area contributed by atoms with E-state index in [-0.39, 0.29) is 6.54 Å². The standard InChI is InChI=1S/C18H16F3N3O3/c1-10-4-2-3-5-11(10)18(27)23-8-14(25)22-9-15(26)24-13-7-6-12(19)16(20)17(13)21/h2-7H,8-9H2,1H3,(H,22,25)(H,23,27)(H,24,26). The van der Waals surface area contributed by atoms with Crippen molar-refractivity contribution < 1.29 is 27.6 Å². The summed E-state index contributed by atoms with van der Waals surface area (Å²) < 4.78 is 39.4. The average Bonchev–Trinajstić information content (AvgIpc) is 2.65. The first kappa shape index (κ1) is 20.0. The topological polar surface area (TPSA) is 87.3 Å². The third-order valence-electron chi connectivity index (χ3n) is 3.55. The smallest absolute Gasteiger partial charge is 0.251 e. The Kier molecular flexibility index (Phi) is 6.53. The van der Waals surface area contributed by atoms with E-state index in [1.807, 2.05) is 5.32 Å². The number of anilines is 1. The van der Waals surface area contributed by atoms with Gasteiger partial charge in [-0.1, -0.05) is 18.2 Å². The number of carbonyl (C=O) groups is 3. The van der Waals surface area contributed by atoms with Crippen LogP contribution in [0.5, 0.6) is 0 Å². The quantitative estimate of drug-likeness (QED) is 0.670. The molecule has 0 heterocycles. The van der Waals surface area contributed by atoms with E-state index in [0.717, 1.165) is 11.6 Å². The second kappa shape index (κ2) is 8.84. The van der Waals surface area contributed by atoms with Crippen molar-refractivity contribution in [2.45, 2.75) is 6.92 Å². The van der Waals surface area contributed by atoms with Crippen LogP contribution < -0.4 is 16.0 Å². The van der Waals surface area contributed by atoms with E-state index in [4.69, 9.17) is 0 Å². The predicted octanol–water partition coefficient (Wildman–Crippen LogP) is 1.90. The molecule has 0 saturated heterocycles. The number of nitrogens with one attached hydrogen (secondary N) is 3. The molecule has 3 amide bonds. The summed E-state index contributed by atoms with van der Waals surface area (Å²) in [5.41, 5.74) is 0.598. The Morgan fingerprint density at radius 2 is 1.52 bits per heavy atom. The predicted molar refractivity (Wildman–Crippen MR) is 91.5 cm³/mol. The molecular formula is C18H16F3N3O3. The van der Waals surface area contributed by atoms with Crippen LogP contribution in [0.3, 0.4) is 0 Å². The van der Waals surface area contributed by atoms with Gasteiger partial charge in [0.25, 0.3) is 5.91 Å². The zero-order valence-corrected chi connectivity index (χ0v) is 14.2. The van der Waals surface area contributed by atoms with Crippen LogP contribution in [-0.4, -0.2) is 30.8 Å². The van der Waals surface area contributed by atoms with Gasteiger partial charge in [-0.05, 0) is 30.7 Å². The van der Waals surface area contributed by atoms with Crippen molar-refractivity contribution in [3.63, 3.8) is 0 Å². The summed E-state index contributed by atoms with van der Waals surface area (Å²) in [6.45, 7) is 0.828. The van der Waals surface area contributed by atoms with E-state index in [1.165, 1.54) is 0 Å². The van der Waals surface area contributed by atoms with Crippen molar-refractivity contribution in [2.75, 3.05) is 18.4 Å². The van der Waals surface area contributed by atoms with Gasteiger partial charge >= 0.3 is 0 Å². The summed E-state index contributed by atoms with van der Waals surface area (Å²) in [5.74, 6) is -6.59. The van der Waals surface area contributed by atoms with Gasteiger partial charge in [0, 0.05) is 5.56 Å². The van der Waals surface area contributed by atoms with Gasteiger partial charge in [0.2, 0.25) is 11.8 Å². The Balaban J connectivity index is 1.80. The maximum atomic E-state index is 13.5. The van der Waals surface area contributed by atoms with Crippen molar-refractivity contribution in [1.82, 2.24) is 10.6 Å². The number of amides is 3. The molecule has 0 aliphatic rings. The van der Waals surface area contributed by atoms with Gasteiger partial charge in [-0.3, -0.25) is 14.4 Å². The first-order valence-corrected chi connectivity index (χ1v) is 7.83. The van der Waals surface area contributed by atoms with Crippen LogP contribution in [0.1, 0.15) is 15.9 Å². The monoisotopic (exact) mass is 379 g/mol. The van der Waals surface area contributed by atoms with Crippen LogP contribution in [0.15, 0.2) is 36.4 Å². The van der Waals surface area contributed by atoms with Crippen molar-refractivity contribution in [3.8, 4) is 0 Å². The fraction of sp³-hybridized carbons (Fsp3) is 0.167. The van der Waals surface area contributed by atoms with E-state index in [0.29, 0.717) is 11.6 Å². The number of aryl methyl sites for hydroxylation is 1. The minimum atomic E-state index is -1.71. The SMILES string of the molecule is Cc1ccccc1C(=O)NCC(=O)NCC(=O)Nc1ccc(F)c(F)c1F. The van der Waals surface area contributed by atoms with E-state index in [2.05, 4.69) is 10.6 Å². The molecule has 0 aliphatic carbocycles. The molecular weight excluding hydrogens is 363 g/mol. The molecule has 6 nitrogen and oxygen atoms in total.